The Labute approximate surface area is 163 Å². The Morgan fingerprint density at radius 1 is 1.26 bits per heavy atom. The van der Waals surface area contributed by atoms with E-state index in [-0.39, 0.29) is 11.8 Å². The first-order chi connectivity index (χ1) is 13.0. The van der Waals surface area contributed by atoms with Crippen LogP contribution in [0.2, 0.25) is 0 Å². The van der Waals surface area contributed by atoms with Gasteiger partial charge in [-0.05, 0) is 48.6 Å². The molecule has 0 atom stereocenters. The number of nitrogens with one attached hydrogen (secondary N) is 1. The number of sulfonamides is 1. The first-order valence-electron chi connectivity index (χ1n) is 8.69. The summed E-state index contributed by atoms with van der Waals surface area (Å²) >= 11 is 1.21. The highest BCUT2D eigenvalue weighted by Gasteiger charge is 2.32. The Morgan fingerprint density at radius 2 is 1.96 bits per heavy atom. The van der Waals surface area contributed by atoms with Crippen molar-refractivity contribution < 1.29 is 17.9 Å². The molecule has 1 aliphatic heterocycles. The van der Waals surface area contributed by atoms with Gasteiger partial charge >= 0.3 is 0 Å². The Morgan fingerprint density at radius 3 is 2.56 bits per heavy atom. The third kappa shape index (κ3) is 4.77. The van der Waals surface area contributed by atoms with Crippen molar-refractivity contribution in [1.82, 2.24) is 4.31 Å². The Bertz CT molecular complexity index is 869. The third-order valence-corrected chi connectivity index (χ3v) is 7.68. The van der Waals surface area contributed by atoms with E-state index < -0.39 is 10.0 Å². The summed E-state index contributed by atoms with van der Waals surface area (Å²) in [6, 6.07) is 10.5. The van der Waals surface area contributed by atoms with Crippen molar-refractivity contribution >= 4 is 33.0 Å². The number of thiophene rings is 1. The summed E-state index contributed by atoms with van der Waals surface area (Å²) in [5, 5.41) is 4.65. The molecule has 0 radical (unpaired) electrons. The van der Waals surface area contributed by atoms with Gasteiger partial charge < -0.3 is 10.1 Å². The number of amides is 1. The van der Waals surface area contributed by atoms with Gasteiger partial charge in [-0.25, -0.2) is 8.42 Å². The topological polar surface area (TPSA) is 75.7 Å². The molecule has 0 aliphatic carbocycles. The maximum Gasteiger partial charge on any atom is 0.252 e. The minimum atomic E-state index is -3.44. The number of piperidine rings is 1. The predicted molar refractivity (Wildman–Crippen MR) is 107 cm³/mol. The first-order valence-corrected chi connectivity index (χ1v) is 11.0. The number of rotatable bonds is 7. The lowest BCUT2D eigenvalue weighted by Gasteiger charge is -2.30. The smallest absolute Gasteiger partial charge is 0.252 e. The molecule has 1 amide bonds. The highest BCUT2D eigenvalue weighted by Crippen LogP contribution is 2.27. The second-order valence-corrected chi connectivity index (χ2v) is 9.34. The van der Waals surface area contributed by atoms with Crippen LogP contribution in [0.25, 0.3) is 0 Å². The summed E-state index contributed by atoms with van der Waals surface area (Å²) in [6.45, 7) is 4.73. The number of hydrogen-bond donors (Lipinski definition) is 1. The largest absolute Gasteiger partial charge is 0.490 e. The van der Waals surface area contributed by atoms with Crippen LogP contribution in [-0.4, -0.2) is 38.3 Å². The molecule has 1 fully saturated rings. The number of ether oxygens (including phenoxy) is 1. The molecular formula is C19H22N2O4S2. The number of nitrogens with zero attached hydrogens (tertiary/aromatic N) is 1. The lowest BCUT2D eigenvalue weighted by molar-refractivity contribution is -0.120. The average Bonchev–Trinajstić information content (AvgIpc) is 3.23. The van der Waals surface area contributed by atoms with Crippen LogP contribution in [0.3, 0.4) is 0 Å². The van der Waals surface area contributed by atoms with Crippen LogP contribution in [0.4, 0.5) is 5.69 Å². The first kappa shape index (κ1) is 19.6. The molecule has 27 heavy (non-hydrogen) atoms. The highest BCUT2D eigenvalue weighted by molar-refractivity contribution is 7.91. The number of benzene rings is 1. The molecule has 1 aliphatic rings. The fourth-order valence-electron chi connectivity index (χ4n) is 2.93. The number of hydrogen-bond acceptors (Lipinski definition) is 5. The summed E-state index contributed by atoms with van der Waals surface area (Å²) in [5.41, 5.74) is 0.694. The van der Waals surface area contributed by atoms with Gasteiger partial charge in [-0.15, -0.1) is 11.3 Å². The van der Waals surface area contributed by atoms with Gasteiger partial charge in [0.1, 0.15) is 16.6 Å². The molecule has 1 aromatic carbocycles. The van der Waals surface area contributed by atoms with Gasteiger partial charge in [0.2, 0.25) is 5.91 Å². The van der Waals surface area contributed by atoms with Gasteiger partial charge in [0.25, 0.3) is 10.0 Å². The number of carbonyl (C=O) groups is 1. The zero-order valence-electron chi connectivity index (χ0n) is 14.8. The molecule has 0 spiro atoms. The normalized spacial score (nSPS) is 16.0. The van der Waals surface area contributed by atoms with E-state index >= 15 is 0 Å². The van der Waals surface area contributed by atoms with E-state index in [0.717, 1.165) is 0 Å². The molecule has 144 valence electrons. The van der Waals surface area contributed by atoms with Crippen LogP contribution in [0.1, 0.15) is 12.8 Å². The zero-order valence-corrected chi connectivity index (χ0v) is 16.5. The van der Waals surface area contributed by atoms with Crippen molar-refractivity contribution in [3.63, 3.8) is 0 Å². The summed E-state index contributed by atoms with van der Waals surface area (Å²) in [6.07, 6.45) is 2.69. The minimum absolute atomic E-state index is 0.0806. The van der Waals surface area contributed by atoms with Crippen molar-refractivity contribution in [2.24, 2.45) is 5.92 Å². The number of anilines is 1. The monoisotopic (exact) mass is 406 g/mol. The van der Waals surface area contributed by atoms with Gasteiger partial charge in [-0.3, -0.25) is 4.79 Å². The van der Waals surface area contributed by atoms with E-state index in [0.29, 0.717) is 48.2 Å². The molecule has 3 rings (SSSR count). The fraction of sp³-hybridized carbons (Fsp3) is 0.316. The molecule has 0 bridgehead atoms. The maximum atomic E-state index is 12.5. The van der Waals surface area contributed by atoms with Crippen molar-refractivity contribution in [2.75, 3.05) is 25.0 Å². The van der Waals surface area contributed by atoms with E-state index in [1.165, 1.54) is 15.6 Å². The van der Waals surface area contributed by atoms with Crippen molar-refractivity contribution in [2.45, 2.75) is 17.1 Å². The van der Waals surface area contributed by atoms with Gasteiger partial charge in [0, 0.05) is 24.7 Å². The van der Waals surface area contributed by atoms with Crippen LogP contribution in [0.15, 0.2) is 58.6 Å². The molecule has 8 heteroatoms. The Balaban J connectivity index is 1.53. The molecule has 6 nitrogen and oxygen atoms in total. The van der Waals surface area contributed by atoms with Gasteiger partial charge in [0.05, 0.1) is 0 Å². The van der Waals surface area contributed by atoms with Gasteiger partial charge in [-0.2, -0.15) is 4.31 Å². The van der Waals surface area contributed by atoms with Crippen LogP contribution in [-0.2, 0) is 14.8 Å². The van der Waals surface area contributed by atoms with Crippen molar-refractivity contribution in [1.29, 1.82) is 0 Å². The van der Waals surface area contributed by atoms with Gasteiger partial charge in [-0.1, -0.05) is 18.7 Å². The predicted octanol–water partition coefficient (Wildman–Crippen LogP) is 3.35. The lowest BCUT2D eigenvalue weighted by Crippen LogP contribution is -2.41. The average molecular weight is 407 g/mol. The van der Waals surface area contributed by atoms with E-state index in [4.69, 9.17) is 4.74 Å². The van der Waals surface area contributed by atoms with E-state index in [9.17, 15) is 13.2 Å². The minimum Gasteiger partial charge on any atom is -0.490 e. The third-order valence-electron chi connectivity index (χ3n) is 4.40. The number of carbonyl (C=O) groups excluding carboxylic acids is 1. The summed E-state index contributed by atoms with van der Waals surface area (Å²) in [7, 11) is -3.44. The van der Waals surface area contributed by atoms with E-state index in [2.05, 4.69) is 11.9 Å². The Kier molecular flexibility index (Phi) is 6.30. The summed E-state index contributed by atoms with van der Waals surface area (Å²) < 4.78 is 32.3. The highest BCUT2D eigenvalue weighted by atomic mass is 32.2. The molecule has 0 unspecified atom stereocenters. The quantitative estimate of drug-likeness (QED) is 0.716. The van der Waals surface area contributed by atoms with E-state index in [1.54, 1.807) is 47.9 Å². The molecule has 1 N–H and O–H groups in total. The van der Waals surface area contributed by atoms with E-state index in [1.807, 2.05) is 0 Å². The molecule has 2 heterocycles. The molecule has 2 aromatic rings. The molecule has 1 saturated heterocycles. The molecule has 1 aromatic heterocycles. The van der Waals surface area contributed by atoms with Crippen molar-refractivity contribution in [3.05, 3.63) is 54.4 Å². The zero-order chi connectivity index (χ0) is 19.3. The van der Waals surface area contributed by atoms with Crippen LogP contribution < -0.4 is 10.1 Å². The summed E-state index contributed by atoms with van der Waals surface area (Å²) in [5.74, 6) is 0.430. The van der Waals surface area contributed by atoms with Crippen LogP contribution >= 0.6 is 11.3 Å². The lowest BCUT2D eigenvalue weighted by atomic mass is 9.97. The maximum absolute atomic E-state index is 12.5. The molecule has 0 saturated carbocycles. The van der Waals surface area contributed by atoms with Gasteiger partial charge in [0.15, 0.2) is 0 Å². The Hall–Kier alpha value is -2.16. The second-order valence-electron chi connectivity index (χ2n) is 6.22. The SMILES string of the molecule is C=CCOc1ccc(NC(=O)C2CCN(S(=O)(=O)c3cccs3)CC2)cc1. The summed E-state index contributed by atoms with van der Waals surface area (Å²) in [4.78, 5) is 12.5. The second kappa shape index (κ2) is 8.69. The fourth-order valence-corrected chi connectivity index (χ4v) is 5.54. The van der Waals surface area contributed by atoms with Crippen LogP contribution in [0.5, 0.6) is 5.75 Å². The standard InChI is InChI=1S/C19H22N2O4S2/c1-2-13-25-17-7-5-16(6-8-17)20-19(22)15-9-11-21(12-10-15)27(23,24)18-4-3-14-26-18/h2-8,14-15H,1,9-13H2,(H,20,22). The van der Waals surface area contributed by atoms with Crippen LogP contribution in [0, 0.1) is 5.92 Å². The van der Waals surface area contributed by atoms with Crippen molar-refractivity contribution in [3.8, 4) is 5.75 Å². The molecular weight excluding hydrogens is 384 g/mol.